The van der Waals surface area contributed by atoms with Gasteiger partial charge in [-0.1, -0.05) is 12.1 Å². The van der Waals surface area contributed by atoms with E-state index in [1.165, 1.54) is 12.8 Å². The Balaban J connectivity index is 2.01. The molecule has 3 aromatic rings. The van der Waals surface area contributed by atoms with Gasteiger partial charge in [0.2, 0.25) is 0 Å². The number of methoxy groups -OCH3 is 1. The van der Waals surface area contributed by atoms with E-state index < -0.39 is 0 Å². The molecule has 0 aliphatic heterocycles. The van der Waals surface area contributed by atoms with Crippen LogP contribution in [0, 0.1) is 17.2 Å². The van der Waals surface area contributed by atoms with E-state index in [1.54, 1.807) is 7.11 Å². The fourth-order valence-corrected chi connectivity index (χ4v) is 3.26. The van der Waals surface area contributed by atoms with Crippen molar-refractivity contribution in [3.05, 3.63) is 48.0 Å². The average Bonchev–Trinajstić information content (AvgIpc) is 3.37. The van der Waals surface area contributed by atoms with E-state index in [1.807, 2.05) is 42.5 Å². The van der Waals surface area contributed by atoms with Crippen molar-refractivity contribution in [2.24, 2.45) is 5.92 Å². The number of nitrogen functional groups attached to an aromatic ring is 1. The Morgan fingerprint density at radius 2 is 1.96 bits per heavy atom. The van der Waals surface area contributed by atoms with Crippen LogP contribution in [0.15, 0.2) is 42.5 Å². The zero-order valence-corrected chi connectivity index (χ0v) is 13.6. The monoisotopic (exact) mass is 317 g/mol. The minimum Gasteiger partial charge on any atom is -0.497 e. The van der Waals surface area contributed by atoms with E-state index in [-0.39, 0.29) is 0 Å². The Hall–Kier alpha value is -2.93. The van der Waals surface area contributed by atoms with Crippen LogP contribution < -0.4 is 10.5 Å². The zero-order valence-electron chi connectivity index (χ0n) is 13.6. The summed E-state index contributed by atoms with van der Waals surface area (Å²) >= 11 is 0. The summed E-state index contributed by atoms with van der Waals surface area (Å²) in [4.78, 5) is 0. The van der Waals surface area contributed by atoms with Crippen molar-refractivity contribution in [1.29, 1.82) is 5.26 Å². The molecule has 0 saturated heterocycles. The van der Waals surface area contributed by atoms with Crippen LogP contribution in [-0.2, 0) is 6.54 Å². The lowest BCUT2D eigenvalue weighted by molar-refractivity contribution is 0.415. The molecular weight excluding hydrogens is 298 g/mol. The maximum atomic E-state index is 9.80. The van der Waals surface area contributed by atoms with E-state index in [2.05, 4.69) is 10.6 Å². The molecule has 1 saturated carbocycles. The third kappa shape index (κ3) is 2.39. The zero-order chi connectivity index (χ0) is 16.7. The minimum atomic E-state index is 0.700. The lowest BCUT2D eigenvalue weighted by atomic mass is 10.1. The highest BCUT2D eigenvalue weighted by Crippen LogP contribution is 2.39. The Morgan fingerprint density at radius 3 is 2.58 bits per heavy atom. The molecule has 0 unspecified atom stereocenters. The van der Waals surface area contributed by atoms with Crippen LogP contribution in [0.5, 0.6) is 5.75 Å². The Labute approximate surface area is 141 Å². The first-order chi connectivity index (χ1) is 11.7. The van der Waals surface area contributed by atoms with Gasteiger partial charge in [-0.05, 0) is 48.6 Å². The van der Waals surface area contributed by atoms with Crippen LogP contribution in [0.3, 0.4) is 0 Å². The highest BCUT2D eigenvalue weighted by Gasteiger charge is 2.26. The van der Waals surface area contributed by atoms with Crippen LogP contribution in [0.1, 0.15) is 18.4 Å². The number of fused-ring (bicyclic) bond motifs is 1. The number of anilines is 1. The molecule has 1 heterocycles. The molecule has 0 amide bonds. The molecule has 2 aromatic carbocycles. The van der Waals surface area contributed by atoms with Gasteiger partial charge in [0, 0.05) is 23.7 Å². The number of aromatic nitrogens is 1. The van der Waals surface area contributed by atoms with Gasteiger partial charge in [0.25, 0.3) is 0 Å². The molecule has 1 aliphatic rings. The summed E-state index contributed by atoms with van der Waals surface area (Å²) in [5.74, 6) is 1.51. The lowest BCUT2D eigenvalue weighted by Gasteiger charge is -2.11. The molecule has 0 atom stereocenters. The summed E-state index contributed by atoms with van der Waals surface area (Å²) < 4.78 is 7.67. The normalized spacial score (nSPS) is 13.8. The Morgan fingerprint density at radius 1 is 1.21 bits per heavy atom. The van der Waals surface area contributed by atoms with Gasteiger partial charge in [0.1, 0.15) is 11.8 Å². The second kappa shape index (κ2) is 5.61. The number of nitrogens with two attached hydrogens (primary N) is 1. The second-order valence-electron chi connectivity index (χ2n) is 6.39. The number of nitrogens with zero attached hydrogens (tertiary/aromatic N) is 2. The largest absolute Gasteiger partial charge is 0.497 e. The molecule has 1 aromatic heterocycles. The number of benzene rings is 2. The fraction of sp³-hybridized carbons (Fsp3) is 0.250. The first kappa shape index (κ1) is 14.6. The van der Waals surface area contributed by atoms with Crippen molar-refractivity contribution in [2.45, 2.75) is 19.4 Å². The van der Waals surface area contributed by atoms with Gasteiger partial charge in [-0.2, -0.15) is 5.26 Å². The van der Waals surface area contributed by atoms with E-state index in [4.69, 9.17) is 10.5 Å². The smallest absolute Gasteiger partial charge is 0.120 e. The van der Waals surface area contributed by atoms with E-state index in [9.17, 15) is 5.26 Å². The van der Waals surface area contributed by atoms with Crippen molar-refractivity contribution in [1.82, 2.24) is 4.57 Å². The summed E-state index contributed by atoms with van der Waals surface area (Å²) in [5, 5.41) is 10.8. The van der Waals surface area contributed by atoms with Crippen molar-refractivity contribution in [2.75, 3.05) is 12.8 Å². The predicted octanol–water partition coefficient (Wildman–Crippen LogP) is 4.18. The van der Waals surface area contributed by atoms with E-state index in [0.717, 1.165) is 45.7 Å². The third-order valence-corrected chi connectivity index (χ3v) is 4.71. The van der Waals surface area contributed by atoms with Crippen LogP contribution in [-0.4, -0.2) is 11.7 Å². The first-order valence-corrected chi connectivity index (χ1v) is 8.17. The molecule has 4 nitrogen and oxygen atoms in total. The van der Waals surface area contributed by atoms with Crippen LogP contribution >= 0.6 is 0 Å². The molecule has 24 heavy (non-hydrogen) atoms. The van der Waals surface area contributed by atoms with Gasteiger partial charge in [0.15, 0.2) is 0 Å². The quantitative estimate of drug-likeness (QED) is 0.734. The van der Waals surface area contributed by atoms with Crippen molar-refractivity contribution >= 4 is 16.6 Å². The lowest BCUT2D eigenvalue weighted by Crippen LogP contribution is -2.02. The molecule has 0 radical (unpaired) electrons. The number of nitriles is 1. The molecule has 0 bridgehead atoms. The summed E-state index contributed by atoms with van der Waals surface area (Å²) in [6.45, 7) is 0.936. The van der Waals surface area contributed by atoms with Gasteiger partial charge in [-0.15, -0.1) is 0 Å². The summed E-state index contributed by atoms with van der Waals surface area (Å²) in [6.07, 6.45) is 2.51. The molecular formula is C20H19N3O. The average molecular weight is 317 g/mol. The first-order valence-electron chi connectivity index (χ1n) is 8.17. The molecule has 1 fully saturated rings. The number of rotatable bonds is 4. The minimum absolute atomic E-state index is 0.700. The molecule has 4 heteroatoms. The van der Waals surface area contributed by atoms with Crippen molar-refractivity contribution in [3.63, 3.8) is 0 Å². The molecule has 4 rings (SSSR count). The van der Waals surface area contributed by atoms with Crippen LogP contribution in [0.2, 0.25) is 0 Å². The highest BCUT2D eigenvalue weighted by molar-refractivity contribution is 5.95. The van der Waals surface area contributed by atoms with Gasteiger partial charge in [0.05, 0.1) is 23.9 Å². The predicted molar refractivity (Wildman–Crippen MR) is 95.8 cm³/mol. The second-order valence-corrected chi connectivity index (χ2v) is 6.39. The molecule has 0 spiro atoms. The molecule has 1 aliphatic carbocycles. The summed E-state index contributed by atoms with van der Waals surface area (Å²) in [6, 6.07) is 16.1. The van der Waals surface area contributed by atoms with E-state index >= 15 is 0 Å². The van der Waals surface area contributed by atoms with Crippen molar-refractivity contribution < 1.29 is 4.74 Å². The standard InChI is InChI=1S/C20H19N3O/c1-24-16-8-9-17-18(11-21)20(14-4-6-15(22)7-5-14)23(19(17)10-16)12-13-2-3-13/h4-10,13H,2-3,12,22H2,1H3. The third-order valence-electron chi connectivity index (χ3n) is 4.71. The summed E-state index contributed by atoms with van der Waals surface area (Å²) in [5.41, 5.74) is 10.3. The number of hydrogen-bond acceptors (Lipinski definition) is 3. The number of hydrogen-bond donors (Lipinski definition) is 1. The summed E-state index contributed by atoms with van der Waals surface area (Å²) in [7, 11) is 1.67. The fourth-order valence-electron chi connectivity index (χ4n) is 3.26. The van der Waals surface area contributed by atoms with Gasteiger partial charge in [-0.25, -0.2) is 0 Å². The number of ether oxygens (including phenoxy) is 1. The van der Waals surface area contributed by atoms with Gasteiger partial charge >= 0.3 is 0 Å². The maximum Gasteiger partial charge on any atom is 0.120 e. The maximum absolute atomic E-state index is 9.80. The molecule has 2 N–H and O–H groups in total. The molecule has 120 valence electrons. The Kier molecular flexibility index (Phi) is 3.42. The highest BCUT2D eigenvalue weighted by atomic mass is 16.5. The Bertz CT molecular complexity index is 944. The van der Waals surface area contributed by atoms with Crippen LogP contribution in [0.25, 0.3) is 22.2 Å². The van der Waals surface area contributed by atoms with Crippen molar-refractivity contribution in [3.8, 4) is 23.1 Å². The van der Waals surface area contributed by atoms with Gasteiger partial charge in [-0.3, -0.25) is 0 Å². The SMILES string of the molecule is COc1ccc2c(C#N)c(-c3ccc(N)cc3)n(CC3CC3)c2c1. The van der Waals surface area contributed by atoms with E-state index in [0.29, 0.717) is 5.92 Å². The van der Waals surface area contributed by atoms with Gasteiger partial charge < -0.3 is 15.0 Å². The topological polar surface area (TPSA) is 64.0 Å². The van der Waals surface area contributed by atoms with Crippen LogP contribution in [0.4, 0.5) is 5.69 Å².